The van der Waals surface area contributed by atoms with Gasteiger partial charge < -0.3 is 23.9 Å². The van der Waals surface area contributed by atoms with Crippen molar-refractivity contribution in [2.75, 3.05) is 12.1 Å². The fourth-order valence-corrected chi connectivity index (χ4v) is 4.62. The van der Waals surface area contributed by atoms with Crippen LogP contribution in [0.1, 0.15) is 17.0 Å². The molecule has 1 N–H and O–H groups in total. The first kappa shape index (κ1) is 20.9. The molecule has 0 bridgehead atoms. The van der Waals surface area contributed by atoms with Crippen LogP contribution in [0.2, 0.25) is 10.0 Å². The Hall–Kier alpha value is -3.68. The van der Waals surface area contributed by atoms with Gasteiger partial charge in [0.2, 0.25) is 6.79 Å². The molecule has 2 aliphatic heterocycles. The molecule has 2 atom stereocenters. The molecule has 6 rings (SSSR count). The number of benzene rings is 3. The number of carbonyl (C=O) groups excluding carboxylic acids is 1. The Morgan fingerprint density at radius 2 is 1.76 bits per heavy atom. The fourth-order valence-electron chi connectivity index (χ4n) is 4.32. The molecule has 3 aromatic carbocycles. The Kier molecular flexibility index (Phi) is 4.90. The fraction of sp³-hybridized carbons (Fsp3) is 0.120. The molecule has 0 saturated heterocycles. The maximum absolute atomic E-state index is 13.4. The molecule has 0 unspecified atom stereocenters. The minimum absolute atomic E-state index is 0.102. The van der Waals surface area contributed by atoms with Crippen molar-refractivity contribution in [3.05, 3.63) is 92.3 Å². The average Bonchev–Trinajstić information content (AvgIpc) is 3.46. The normalized spacial score (nSPS) is 17.9. The van der Waals surface area contributed by atoms with Crippen molar-refractivity contribution in [2.24, 2.45) is 0 Å². The molecule has 0 aliphatic carbocycles. The van der Waals surface area contributed by atoms with Gasteiger partial charge in [0, 0.05) is 5.69 Å². The zero-order valence-electron chi connectivity index (χ0n) is 17.3. The summed E-state index contributed by atoms with van der Waals surface area (Å²) in [6, 6.07) is 17.1. The van der Waals surface area contributed by atoms with Gasteiger partial charge in [-0.05, 0) is 48.0 Å². The maximum atomic E-state index is 13.4. The van der Waals surface area contributed by atoms with E-state index >= 15 is 0 Å². The first-order valence-electron chi connectivity index (χ1n) is 10.4. The summed E-state index contributed by atoms with van der Waals surface area (Å²) in [4.78, 5) is 26.5. The van der Waals surface area contributed by atoms with Gasteiger partial charge in [-0.25, -0.2) is 4.79 Å². The second kappa shape index (κ2) is 7.97. The second-order valence-electron chi connectivity index (χ2n) is 7.88. The lowest BCUT2D eigenvalue weighted by Crippen LogP contribution is -2.35. The van der Waals surface area contributed by atoms with Gasteiger partial charge in [-0.1, -0.05) is 41.4 Å². The van der Waals surface area contributed by atoms with Gasteiger partial charge in [0.05, 0.1) is 26.9 Å². The van der Waals surface area contributed by atoms with E-state index in [4.69, 9.17) is 41.8 Å². The molecule has 7 nitrogen and oxygen atoms in total. The summed E-state index contributed by atoms with van der Waals surface area (Å²) in [7, 11) is 0. The molecule has 3 heterocycles. The zero-order chi connectivity index (χ0) is 23.4. The second-order valence-corrected chi connectivity index (χ2v) is 8.69. The van der Waals surface area contributed by atoms with Crippen LogP contribution in [-0.2, 0) is 4.79 Å². The monoisotopic (exact) mass is 495 g/mol. The number of fused-ring (bicyclic) bond motifs is 4. The number of rotatable bonds is 3. The van der Waals surface area contributed by atoms with Crippen LogP contribution in [-0.4, -0.2) is 18.8 Å². The molecule has 0 fully saturated rings. The van der Waals surface area contributed by atoms with Crippen molar-refractivity contribution in [3.8, 4) is 17.2 Å². The van der Waals surface area contributed by atoms with Gasteiger partial charge >= 0.3 is 5.63 Å². The third-order valence-electron chi connectivity index (χ3n) is 5.86. The van der Waals surface area contributed by atoms with E-state index in [1.807, 2.05) is 6.07 Å². The Morgan fingerprint density at radius 3 is 2.62 bits per heavy atom. The molecule has 1 amide bonds. The molecule has 1 aromatic heterocycles. The smallest absolute Gasteiger partial charge is 0.344 e. The van der Waals surface area contributed by atoms with Crippen LogP contribution in [0, 0.1) is 0 Å². The number of nitrogens with one attached hydrogen (secondary N) is 1. The van der Waals surface area contributed by atoms with E-state index in [1.54, 1.807) is 54.6 Å². The summed E-state index contributed by atoms with van der Waals surface area (Å²) in [6.07, 6.45) is -1.06. The summed E-state index contributed by atoms with van der Waals surface area (Å²) in [5.74, 6) is 0.239. The van der Waals surface area contributed by atoms with Crippen LogP contribution < -0.4 is 25.2 Å². The number of halogens is 2. The van der Waals surface area contributed by atoms with Crippen molar-refractivity contribution in [1.82, 2.24) is 0 Å². The van der Waals surface area contributed by atoms with Crippen molar-refractivity contribution in [2.45, 2.75) is 12.0 Å². The van der Waals surface area contributed by atoms with Crippen LogP contribution in [0.15, 0.2) is 69.9 Å². The number of carbonyl (C=O) groups is 1. The SMILES string of the molecule is O=C(Nc1ccc(Cl)c(Cl)c1)[C@H]1Oc2c(c(=O)oc3ccccc23)[C@H]1c1ccc2c(c1)OCO2. The lowest BCUT2D eigenvalue weighted by atomic mass is 9.88. The molecule has 34 heavy (non-hydrogen) atoms. The number of hydrogen-bond acceptors (Lipinski definition) is 6. The molecular formula is C25H15Cl2NO6. The number of anilines is 1. The molecule has 2 aliphatic rings. The largest absolute Gasteiger partial charge is 0.478 e. The van der Waals surface area contributed by atoms with Crippen LogP contribution in [0.3, 0.4) is 0 Å². The topological polar surface area (TPSA) is 87.0 Å². The Bertz CT molecular complexity index is 1530. The third kappa shape index (κ3) is 3.36. The number of ether oxygens (including phenoxy) is 3. The lowest BCUT2D eigenvalue weighted by Gasteiger charge is -2.19. The Morgan fingerprint density at radius 1 is 0.941 bits per heavy atom. The highest BCUT2D eigenvalue weighted by atomic mass is 35.5. The molecule has 0 saturated carbocycles. The van der Waals surface area contributed by atoms with Crippen LogP contribution in [0.5, 0.6) is 17.2 Å². The predicted octanol–water partition coefficient (Wildman–Crippen LogP) is 5.36. The van der Waals surface area contributed by atoms with Gasteiger partial charge in [0.1, 0.15) is 11.3 Å². The minimum Gasteiger partial charge on any atom is -0.478 e. The molecule has 0 spiro atoms. The highest BCUT2D eigenvalue weighted by molar-refractivity contribution is 6.42. The maximum Gasteiger partial charge on any atom is 0.344 e. The van der Waals surface area contributed by atoms with Crippen molar-refractivity contribution >= 4 is 45.8 Å². The minimum atomic E-state index is -1.06. The Balaban J connectivity index is 1.47. The summed E-state index contributed by atoms with van der Waals surface area (Å²) >= 11 is 12.1. The number of hydrogen-bond donors (Lipinski definition) is 1. The van der Waals surface area contributed by atoms with Crippen molar-refractivity contribution in [1.29, 1.82) is 0 Å². The molecule has 0 radical (unpaired) electrons. The van der Waals surface area contributed by atoms with Gasteiger partial charge in [0.25, 0.3) is 5.91 Å². The van der Waals surface area contributed by atoms with Gasteiger partial charge in [0.15, 0.2) is 17.6 Å². The van der Waals surface area contributed by atoms with Crippen molar-refractivity contribution in [3.63, 3.8) is 0 Å². The quantitative estimate of drug-likeness (QED) is 0.385. The third-order valence-corrected chi connectivity index (χ3v) is 6.60. The molecule has 4 aromatic rings. The molecule has 170 valence electrons. The lowest BCUT2D eigenvalue weighted by molar-refractivity contribution is -0.122. The van der Waals surface area contributed by atoms with Gasteiger partial charge in [-0.15, -0.1) is 0 Å². The van der Waals surface area contributed by atoms with Crippen molar-refractivity contribution < 1.29 is 23.4 Å². The number of amides is 1. The van der Waals surface area contributed by atoms with Gasteiger partial charge in [-0.3, -0.25) is 4.79 Å². The van der Waals surface area contributed by atoms with E-state index in [2.05, 4.69) is 5.32 Å². The zero-order valence-corrected chi connectivity index (χ0v) is 18.9. The first-order valence-corrected chi connectivity index (χ1v) is 11.1. The van der Waals surface area contributed by atoms with Gasteiger partial charge in [-0.2, -0.15) is 0 Å². The first-order chi connectivity index (χ1) is 16.5. The molecule has 9 heteroatoms. The average molecular weight is 496 g/mol. The van der Waals surface area contributed by atoms with Crippen LogP contribution in [0.4, 0.5) is 5.69 Å². The number of para-hydroxylation sites is 1. The molecular weight excluding hydrogens is 481 g/mol. The van der Waals surface area contributed by atoms with E-state index in [-0.39, 0.29) is 12.4 Å². The van der Waals surface area contributed by atoms with E-state index in [9.17, 15) is 9.59 Å². The highest BCUT2D eigenvalue weighted by Gasteiger charge is 2.44. The highest BCUT2D eigenvalue weighted by Crippen LogP contribution is 2.46. The summed E-state index contributed by atoms with van der Waals surface area (Å²) in [5.41, 5.74) is 1.18. The predicted molar refractivity (Wildman–Crippen MR) is 126 cm³/mol. The Labute approximate surface area is 202 Å². The van der Waals surface area contributed by atoms with E-state index < -0.39 is 23.6 Å². The van der Waals surface area contributed by atoms with E-state index in [1.165, 1.54) is 0 Å². The summed E-state index contributed by atoms with van der Waals surface area (Å²) in [6.45, 7) is 0.102. The van der Waals surface area contributed by atoms with Crippen LogP contribution in [0.25, 0.3) is 11.0 Å². The standard InChI is InChI=1S/C25H15Cl2NO6/c26-15-7-6-13(10-16(15)27)28-24(29)23-20(12-5-8-18-19(9-12)32-11-31-18)21-22(34-23)14-3-1-2-4-17(14)33-25(21)30/h1-10,20,23H,11H2,(H,28,29)/t20-,23+/m1/s1. The summed E-state index contributed by atoms with van der Waals surface area (Å²) in [5, 5.41) is 4.08. The van der Waals surface area contributed by atoms with E-state index in [0.717, 1.165) is 0 Å². The van der Waals surface area contributed by atoms with Crippen LogP contribution >= 0.6 is 23.2 Å². The van der Waals surface area contributed by atoms with E-state index in [0.29, 0.717) is 49.5 Å². The summed E-state index contributed by atoms with van der Waals surface area (Å²) < 4.78 is 22.7.